The zero-order chi connectivity index (χ0) is 26.9. The summed E-state index contributed by atoms with van der Waals surface area (Å²) in [7, 11) is 0. The minimum Gasteiger partial charge on any atom is -0.340 e. The van der Waals surface area contributed by atoms with Crippen LogP contribution < -0.4 is 10.6 Å². The summed E-state index contributed by atoms with van der Waals surface area (Å²) in [6.45, 7) is 4.41. The van der Waals surface area contributed by atoms with Crippen LogP contribution >= 0.6 is 0 Å². The molecule has 7 nitrogen and oxygen atoms in total. The summed E-state index contributed by atoms with van der Waals surface area (Å²) in [5, 5.41) is 5.83. The van der Waals surface area contributed by atoms with Crippen molar-refractivity contribution in [2.75, 3.05) is 11.9 Å². The fourth-order valence-electron chi connectivity index (χ4n) is 4.61. The Balaban J connectivity index is 1.56. The van der Waals surface area contributed by atoms with Crippen LogP contribution in [-0.4, -0.2) is 40.2 Å². The Hall–Kier alpha value is -4.26. The molecule has 3 aromatic rings. The Morgan fingerprint density at radius 3 is 2.55 bits per heavy atom. The first-order valence-corrected chi connectivity index (χ1v) is 13.0. The Bertz CT molecular complexity index is 1270. The molecule has 0 fully saturated rings. The summed E-state index contributed by atoms with van der Waals surface area (Å²) in [4.78, 5) is 45.6. The van der Waals surface area contributed by atoms with Gasteiger partial charge in [0, 0.05) is 43.0 Å². The Kier molecular flexibility index (Phi) is 9.03. The topological polar surface area (TPSA) is 91.4 Å². The second-order valence-electron chi connectivity index (χ2n) is 9.94. The quantitative estimate of drug-likeness (QED) is 0.399. The maximum absolute atomic E-state index is 14.0. The number of anilines is 1. The summed E-state index contributed by atoms with van der Waals surface area (Å²) in [6.07, 6.45) is 8.99. The van der Waals surface area contributed by atoms with Gasteiger partial charge in [-0.15, -0.1) is 0 Å². The summed E-state index contributed by atoms with van der Waals surface area (Å²) in [5.74, 6) is -0.396. The van der Waals surface area contributed by atoms with Crippen molar-refractivity contribution in [3.63, 3.8) is 0 Å². The predicted octanol–water partition coefficient (Wildman–Crippen LogP) is 4.94. The highest BCUT2D eigenvalue weighted by Crippen LogP contribution is 2.28. The molecular formula is C31H34N4O3. The lowest BCUT2D eigenvalue weighted by Gasteiger charge is -2.36. The second kappa shape index (κ2) is 12.8. The minimum absolute atomic E-state index is 0.103. The molecule has 0 aliphatic carbocycles. The SMILES string of the molecule is CC(C)CC(=O)Nc1cccc(C(=O)N[C@@H](Cc2ccccc2)C(=O)N2CC=CCC2c2cccnc2)c1. The van der Waals surface area contributed by atoms with E-state index in [1.54, 1.807) is 36.7 Å². The maximum atomic E-state index is 14.0. The zero-order valence-electron chi connectivity index (χ0n) is 21.8. The lowest BCUT2D eigenvalue weighted by Crippen LogP contribution is -2.51. The molecule has 2 aromatic carbocycles. The van der Waals surface area contributed by atoms with Crippen molar-refractivity contribution in [1.29, 1.82) is 0 Å². The van der Waals surface area contributed by atoms with E-state index in [4.69, 9.17) is 0 Å². The van der Waals surface area contributed by atoms with Gasteiger partial charge in [0.05, 0.1) is 6.04 Å². The van der Waals surface area contributed by atoms with Crippen molar-refractivity contribution in [1.82, 2.24) is 15.2 Å². The van der Waals surface area contributed by atoms with E-state index in [-0.39, 0.29) is 29.7 Å². The van der Waals surface area contributed by atoms with Crippen molar-refractivity contribution in [2.24, 2.45) is 5.92 Å². The van der Waals surface area contributed by atoms with Gasteiger partial charge in [-0.25, -0.2) is 0 Å². The highest BCUT2D eigenvalue weighted by molar-refractivity contribution is 5.99. The molecule has 1 aliphatic heterocycles. The van der Waals surface area contributed by atoms with Gasteiger partial charge in [0.1, 0.15) is 6.04 Å². The van der Waals surface area contributed by atoms with Crippen molar-refractivity contribution >= 4 is 23.4 Å². The van der Waals surface area contributed by atoms with Gasteiger partial charge in [0.15, 0.2) is 0 Å². The molecule has 1 unspecified atom stereocenters. The molecule has 0 radical (unpaired) electrons. The van der Waals surface area contributed by atoms with E-state index in [0.717, 1.165) is 11.1 Å². The second-order valence-corrected chi connectivity index (χ2v) is 9.94. The smallest absolute Gasteiger partial charge is 0.252 e. The van der Waals surface area contributed by atoms with E-state index >= 15 is 0 Å². The van der Waals surface area contributed by atoms with Crippen LogP contribution in [0.3, 0.4) is 0 Å². The van der Waals surface area contributed by atoms with Gasteiger partial charge in [-0.1, -0.05) is 68.5 Å². The van der Waals surface area contributed by atoms with Gasteiger partial charge in [-0.05, 0) is 47.7 Å². The average Bonchev–Trinajstić information content (AvgIpc) is 2.93. The van der Waals surface area contributed by atoms with Crippen LogP contribution in [0.2, 0.25) is 0 Å². The van der Waals surface area contributed by atoms with E-state index in [2.05, 4.69) is 21.7 Å². The molecule has 3 amide bonds. The lowest BCUT2D eigenvalue weighted by atomic mass is 9.97. The fourth-order valence-corrected chi connectivity index (χ4v) is 4.61. The number of nitrogens with one attached hydrogen (secondary N) is 2. The monoisotopic (exact) mass is 510 g/mol. The number of pyridine rings is 1. The first-order chi connectivity index (χ1) is 18.4. The summed E-state index contributed by atoms with van der Waals surface area (Å²) in [6, 6.07) is 19.4. The van der Waals surface area contributed by atoms with Crippen LogP contribution in [0.1, 0.15) is 54.2 Å². The third-order valence-electron chi connectivity index (χ3n) is 6.44. The third kappa shape index (κ3) is 7.16. The zero-order valence-corrected chi connectivity index (χ0v) is 21.8. The molecule has 2 N–H and O–H groups in total. The van der Waals surface area contributed by atoms with E-state index in [1.165, 1.54) is 0 Å². The molecule has 0 bridgehead atoms. The van der Waals surface area contributed by atoms with Gasteiger partial charge in [-0.3, -0.25) is 19.4 Å². The number of carbonyl (C=O) groups excluding carboxylic acids is 3. The average molecular weight is 511 g/mol. The Labute approximate surface area is 224 Å². The molecule has 1 aliphatic rings. The van der Waals surface area contributed by atoms with Gasteiger partial charge in [0.25, 0.3) is 5.91 Å². The molecule has 2 atom stereocenters. The molecule has 7 heteroatoms. The molecule has 0 saturated carbocycles. The number of hydrogen-bond acceptors (Lipinski definition) is 4. The summed E-state index contributed by atoms with van der Waals surface area (Å²) < 4.78 is 0. The highest BCUT2D eigenvalue weighted by Gasteiger charge is 2.32. The van der Waals surface area contributed by atoms with Crippen molar-refractivity contribution in [3.05, 3.63) is 108 Å². The molecule has 0 saturated heterocycles. The molecule has 196 valence electrons. The summed E-state index contributed by atoms with van der Waals surface area (Å²) >= 11 is 0. The standard InChI is InChI=1S/C31H34N4O3/c1-22(2)18-29(36)33-26-14-8-12-24(20-26)30(37)34-27(19-23-10-4-3-5-11-23)31(38)35-17-7-6-15-28(35)25-13-9-16-32-21-25/h3-14,16,20-22,27-28H,15,17-19H2,1-2H3,(H,33,36)(H,34,37)/t27-,28?/m0/s1. The largest absolute Gasteiger partial charge is 0.340 e. The van der Waals surface area contributed by atoms with E-state index < -0.39 is 6.04 Å². The third-order valence-corrected chi connectivity index (χ3v) is 6.44. The van der Waals surface area contributed by atoms with Gasteiger partial charge in [-0.2, -0.15) is 0 Å². The van der Waals surface area contributed by atoms with Crippen LogP contribution in [0.25, 0.3) is 0 Å². The lowest BCUT2D eigenvalue weighted by molar-refractivity contribution is -0.135. The Morgan fingerprint density at radius 1 is 1.00 bits per heavy atom. The molecular weight excluding hydrogens is 476 g/mol. The maximum Gasteiger partial charge on any atom is 0.252 e. The van der Waals surface area contributed by atoms with E-state index in [1.807, 2.05) is 67.3 Å². The molecule has 4 rings (SSSR count). The first-order valence-electron chi connectivity index (χ1n) is 13.0. The highest BCUT2D eigenvalue weighted by atomic mass is 16.2. The predicted molar refractivity (Wildman–Crippen MR) is 148 cm³/mol. The van der Waals surface area contributed by atoms with Crippen LogP contribution in [0.15, 0.2) is 91.3 Å². The number of hydrogen-bond donors (Lipinski definition) is 2. The van der Waals surface area contributed by atoms with Crippen molar-refractivity contribution in [2.45, 2.75) is 45.2 Å². The van der Waals surface area contributed by atoms with E-state index in [9.17, 15) is 14.4 Å². The molecule has 38 heavy (non-hydrogen) atoms. The van der Waals surface area contributed by atoms with Gasteiger partial charge < -0.3 is 15.5 Å². The number of carbonyl (C=O) groups is 3. The molecule has 2 heterocycles. The number of amides is 3. The normalized spacial score (nSPS) is 15.7. The van der Waals surface area contributed by atoms with Gasteiger partial charge >= 0.3 is 0 Å². The minimum atomic E-state index is -0.769. The fraction of sp³-hybridized carbons (Fsp3) is 0.290. The van der Waals surface area contributed by atoms with Crippen molar-refractivity contribution in [3.8, 4) is 0 Å². The molecule has 1 aromatic heterocycles. The van der Waals surface area contributed by atoms with Crippen LogP contribution in [0.4, 0.5) is 5.69 Å². The first kappa shape index (κ1) is 26.8. The van der Waals surface area contributed by atoms with Crippen LogP contribution in [0.5, 0.6) is 0 Å². The number of aromatic nitrogens is 1. The van der Waals surface area contributed by atoms with Gasteiger partial charge in [0.2, 0.25) is 11.8 Å². The number of nitrogens with zero attached hydrogens (tertiary/aromatic N) is 2. The summed E-state index contributed by atoms with van der Waals surface area (Å²) in [5.41, 5.74) is 2.83. The van der Waals surface area contributed by atoms with E-state index in [0.29, 0.717) is 37.1 Å². The number of rotatable bonds is 9. The number of benzene rings is 2. The van der Waals surface area contributed by atoms with Crippen LogP contribution in [-0.2, 0) is 16.0 Å². The van der Waals surface area contributed by atoms with Crippen LogP contribution in [0, 0.1) is 5.92 Å². The molecule has 0 spiro atoms. The Morgan fingerprint density at radius 2 is 1.82 bits per heavy atom. The van der Waals surface area contributed by atoms with Crippen molar-refractivity contribution < 1.29 is 14.4 Å².